The fraction of sp³-hybridized carbons (Fsp3) is 0.391. The van der Waals surface area contributed by atoms with Crippen LogP contribution in [-0.4, -0.2) is 36.7 Å². The smallest absolute Gasteiger partial charge is 0.243 e. The Kier molecular flexibility index (Phi) is 5.32. The zero-order valence-electron chi connectivity index (χ0n) is 17.5. The Balaban J connectivity index is 1.52. The number of thiazole rings is 1. The van der Waals surface area contributed by atoms with E-state index in [4.69, 9.17) is 4.98 Å². The molecule has 1 saturated heterocycles. The molecule has 1 unspecified atom stereocenters. The quantitative estimate of drug-likeness (QED) is 0.583. The summed E-state index contributed by atoms with van der Waals surface area (Å²) in [6, 6.07) is 12.9. The second-order valence-electron chi connectivity index (χ2n) is 8.21. The number of carbonyl (C=O) groups is 1. The molecule has 3 aromatic rings. The summed E-state index contributed by atoms with van der Waals surface area (Å²) >= 11 is 1.58. The van der Waals surface area contributed by atoms with E-state index in [9.17, 15) is 13.2 Å². The number of carbonyl (C=O) groups excluding carboxylic acids is 1. The van der Waals surface area contributed by atoms with Crippen molar-refractivity contribution in [3.05, 3.63) is 53.0 Å². The number of para-hydroxylation sites is 1. The molecule has 0 saturated carbocycles. The third kappa shape index (κ3) is 3.66. The van der Waals surface area contributed by atoms with Gasteiger partial charge in [-0.1, -0.05) is 18.6 Å². The van der Waals surface area contributed by atoms with Crippen LogP contribution >= 0.6 is 11.3 Å². The van der Waals surface area contributed by atoms with Gasteiger partial charge in [0.2, 0.25) is 15.9 Å². The van der Waals surface area contributed by atoms with Gasteiger partial charge in [-0.25, -0.2) is 13.4 Å². The second kappa shape index (κ2) is 8.00. The maximum Gasteiger partial charge on any atom is 0.243 e. The molecule has 8 heteroatoms. The van der Waals surface area contributed by atoms with Gasteiger partial charge < -0.3 is 4.90 Å². The molecule has 31 heavy (non-hydrogen) atoms. The number of piperidine rings is 1. The second-order valence-corrected chi connectivity index (χ2v) is 11.2. The first kappa shape index (κ1) is 20.6. The fourth-order valence-electron chi connectivity index (χ4n) is 4.67. The molecule has 0 bridgehead atoms. The van der Waals surface area contributed by atoms with Crippen molar-refractivity contribution in [2.45, 2.75) is 50.0 Å². The lowest BCUT2D eigenvalue weighted by molar-refractivity contribution is -0.116. The summed E-state index contributed by atoms with van der Waals surface area (Å²) in [5.74, 6) is -0.0107. The van der Waals surface area contributed by atoms with Crippen molar-refractivity contribution < 1.29 is 13.2 Å². The van der Waals surface area contributed by atoms with Gasteiger partial charge in [0.25, 0.3) is 0 Å². The van der Waals surface area contributed by atoms with Crippen molar-refractivity contribution in [3.8, 4) is 0 Å². The predicted molar refractivity (Wildman–Crippen MR) is 123 cm³/mol. The van der Waals surface area contributed by atoms with Crippen molar-refractivity contribution >= 4 is 43.2 Å². The Bertz CT molecular complexity index is 1220. The molecule has 2 aliphatic rings. The number of aryl methyl sites for hydroxylation is 1. The minimum Gasteiger partial charge on any atom is -0.312 e. The number of nitrogens with zero attached hydrogens (tertiary/aromatic N) is 3. The topological polar surface area (TPSA) is 70.6 Å². The highest BCUT2D eigenvalue weighted by Crippen LogP contribution is 2.39. The maximum atomic E-state index is 13.7. The fourth-order valence-corrected chi connectivity index (χ4v) is 7.56. The number of amides is 1. The number of fused-ring (bicyclic) bond motifs is 2. The zero-order chi connectivity index (χ0) is 21.6. The highest BCUT2D eigenvalue weighted by Gasteiger charge is 2.36. The average Bonchev–Trinajstić information content (AvgIpc) is 3.22. The Labute approximate surface area is 186 Å². The Hall–Kier alpha value is -2.29. The van der Waals surface area contributed by atoms with Crippen molar-refractivity contribution in [2.75, 3.05) is 18.0 Å². The Morgan fingerprint density at radius 1 is 1.10 bits per heavy atom. The van der Waals surface area contributed by atoms with Gasteiger partial charge in [0, 0.05) is 25.7 Å². The first-order chi connectivity index (χ1) is 14.9. The Morgan fingerprint density at radius 2 is 1.94 bits per heavy atom. The van der Waals surface area contributed by atoms with E-state index >= 15 is 0 Å². The molecule has 1 amide bonds. The van der Waals surface area contributed by atoms with Crippen LogP contribution in [0.4, 0.5) is 5.69 Å². The zero-order valence-corrected chi connectivity index (χ0v) is 19.1. The molecule has 1 atom stereocenters. The molecule has 0 aliphatic carbocycles. The molecule has 3 heterocycles. The third-order valence-electron chi connectivity index (χ3n) is 6.21. The van der Waals surface area contributed by atoms with E-state index in [1.807, 2.05) is 24.3 Å². The molecule has 0 radical (unpaired) electrons. The van der Waals surface area contributed by atoms with Crippen LogP contribution in [0.15, 0.2) is 47.4 Å². The highest BCUT2D eigenvalue weighted by atomic mass is 32.2. The van der Waals surface area contributed by atoms with E-state index in [0.717, 1.165) is 58.6 Å². The number of benzene rings is 2. The van der Waals surface area contributed by atoms with E-state index in [0.29, 0.717) is 18.0 Å². The normalized spacial score (nSPS) is 20.0. The summed E-state index contributed by atoms with van der Waals surface area (Å²) in [4.78, 5) is 18.8. The molecule has 2 aromatic carbocycles. The van der Waals surface area contributed by atoms with Gasteiger partial charge in [-0.05, 0) is 61.6 Å². The number of rotatable bonds is 3. The maximum absolute atomic E-state index is 13.7. The molecule has 0 spiro atoms. The lowest BCUT2D eigenvalue weighted by Crippen LogP contribution is -2.38. The van der Waals surface area contributed by atoms with Crippen molar-refractivity contribution in [1.82, 2.24) is 9.29 Å². The van der Waals surface area contributed by atoms with E-state index < -0.39 is 10.0 Å². The van der Waals surface area contributed by atoms with Crippen LogP contribution in [0.25, 0.3) is 10.2 Å². The minimum absolute atomic E-state index is 0.0107. The van der Waals surface area contributed by atoms with E-state index in [-0.39, 0.29) is 11.9 Å². The van der Waals surface area contributed by atoms with Crippen LogP contribution in [0.2, 0.25) is 0 Å². The van der Waals surface area contributed by atoms with Crippen LogP contribution in [0.3, 0.4) is 0 Å². The minimum atomic E-state index is -3.67. The van der Waals surface area contributed by atoms with Gasteiger partial charge in [0.1, 0.15) is 5.01 Å². The number of hydrogen-bond acceptors (Lipinski definition) is 5. The number of hydrogen-bond donors (Lipinski definition) is 0. The average molecular weight is 456 g/mol. The van der Waals surface area contributed by atoms with Gasteiger partial charge in [0.05, 0.1) is 21.2 Å². The van der Waals surface area contributed by atoms with Crippen LogP contribution in [0, 0.1) is 0 Å². The summed E-state index contributed by atoms with van der Waals surface area (Å²) in [6.07, 6.45) is 4.24. The summed E-state index contributed by atoms with van der Waals surface area (Å²) in [5, 5.41) is 0.866. The van der Waals surface area contributed by atoms with Crippen LogP contribution in [0.5, 0.6) is 0 Å². The molecule has 5 rings (SSSR count). The molecule has 162 valence electrons. The SMILES string of the molecule is CC(=O)N1CCCc2cc(S(=O)(=O)N3CCCCC3c3nc4ccccc4s3)ccc21. The molecule has 6 nitrogen and oxygen atoms in total. The monoisotopic (exact) mass is 455 g/mol. The molecule has 2 aliphatic heterocycles. The molecule has 1 aromatic heterocycles. The van der Waals surface area contributed by atoms with Crippen molar-refractivity contribution in [1.29, 1.82) is 0 Å². The van der Waals surface area contributed by atoms with Gasteiger partial charge >= 0.3 is 0 Å². The largest absolute Gasteiger partial charge is 0.312 e. The third-order valence-corrected chi connectivity index (χ3v) is 9.25. The van der Waals surface area contributed by atoms with Crippen molar-refractivity contribution in [3.63, 3.8) is 0 Å². The van der Waals surface area contributed by atoms with Crippen LogP contribution < -0.4 is 4.90 Å². The van der Waals surface area contributed by atoms with E-state index in [1.54, 1.807) is 45.7 Å². The number of sulfonamides is 1. The number of aromatic nitrogens is 1. The van der Waals surface area contributed by atoms with Gasteiger partial charge in [0.15, 0.2) is 0 Å². The standard InChI is InChI=1S/C23H25N3O3S2/c1-16(27)25-13-6-7-17-15-18(11-12-20(17)25)31(28,29)26-14-5-4-9-21(26)23-24-19-8-2-3-10-22(19)30-23/h2-3,8,10-12,15,21H,4-7,9,13-14H2,1H3. The molecule has 1 fully saturated rings. The van der Waals surface area contributed by atoms with E-state index in [1.165, 1.54) is 0 Å². The first-order valence-electron chi connectivity index (χ1n) is 10.7. The van der Waals surface area contributed by atoms with E-state index in [2.05, 4.69) is 0 Å². The lowest BCUT2D eigenvalue weighted by atomic mass is 10.0. The molecular formula is C23H25N3O3S2. The summed E-state index contributed by atoms with van der Waals surface area (Å²) < 4.78 is 30.1. The lowest BCUT2D eigenvalue weighted by Gasteiger charge is -2.34. The summed E-state index contributed by atoms with van der Waals surface area (Å²) in [7, 11) is -3.67. The van der Waals surface area contributed by atoms with Crippen molar-refractivity contribution in [2.24, 2.45) is 0 Å². The summed E-state index contributed by atoms with van der Waals surface area (Å²) in [5.41, 5.74) is 2.68. The Morgan fingerprint density at radius 3 is 2.74 bits per heavy atom. The molecule has 0 N–H and O–H groups in total. The van der Waals surface area contributed by atoms with Gasteiger partial charge in [-0.15, -0.1) is 11.3 Å². The summed E-state index contributed by atoms with van der Waals surface area (Å²) in [6.45, 7) is 2.73. The highest BCUT2D eigenvalue weighted by molar-refractivity contribution is 7.89. The van der Waals surface area contributed by atoms with Crippen LogP contribution in [0.1, 0.15) is 49.2 Å². The van der Waals surface area contributed by atoms with Gasteiger partial charge in [-0.2, -0.15) is 4.31 Å². The van der Waals surface area contributed by atoms with Gasteiger partial charge in [-0.3, -0.25) is 4.79 Å². The van der Waals surface area contributed by atoms with Crippen LogP contribution in [-0.2, 0) is 21.2 Å². The first-order valence-corrected chi connectivity index (χ1v) is 13.0. The predicted octanol–water partition coefficient (Wildman–Crippen LogP) is 4.51. The molecular weight excluding hydrogens is 430 g/mol. The number of anilines is 1.